The van der Waals surface area contributed by atoms with Gasteiger partial charge in [0.2, 0.25) is 6.08 Å². The van der Waals surface area contributed by atoms with Crippen molar-refractivity contribution in [1.29, 1.82) is 0 Å². The molecule has 0 saturated carbocycles. The molecule has 16 heavy (non-hydrogen) atoms. The summed E-state index contributed by atoms with van der Waals surface area (Å²) >= 11 is 0. The number of hydrogen-bond acceptors (Lipinski definition) is 3. The standard InChI is InChI=1S/C12H7NO3/c14-7-13-11-4-3-8-1-2-9(12(15)16)5-10(8)6-11/h1-6H,(H,15,16). The highest BCUT2D eigenvalue weighted by atomic mass is 16.4. The molecule has 0 radical (unpaired) electrons. The average molecular weight is 213 g/mol. The molecule has 2 aromatic carbocycles. The fraction of sp³-hybridized carbons (Fsp3) is 0. The van der Waals surface area contributed by atoms with Crippen LogP contribution in [0.3, 0.4) is 0 Å². The van der Waals surface area contributed by atoms with Crippen LogP contribution in [0.15, 0.2) is 41.4 Å². The number of aliphatic imine (C=N–C) groups is 1. The average Bonchev–Trinajstić information content (AvgIpc) is 2.28. The van der Waals surface area contributed by atoms with E-state index in [1.54, 1.807) is 30.3 Å². The molecule has 0 aromatic heterocycles. The summed E-state index contributed by atoms with van der Waals surface area (Å²) < 4.78 is 0. The van der Waals surface area contributed by atoms with E-state index in [0.717, 1.165) is 10.8 Å². The third-order valence-corrected chi connectivity index (χ3v) is 2.25. The molecule has 0 heterocycles. The molecular formula is C12H7NO3. The molecule has 0 aliphatic carbocycles. The number of carboxylic acids is 1. The largest absolute Gasteiger partial charge is 0.478 e. The lowest BCUT2D eigenvalue weighted by Crippen LogP contribution is -1.94. The monoisotopic (exact) mass is 213 g/mol. The fourth-order valence-electron chi connectivity index (χ4n) is 1.49. The first-order valence-corrected chi connectivity index (χ1v) is 4.56. The van der Waals surface area contributed by atoms with Crippen LogP contribution in [0, 0.1) is 0 Å². The van der Waals surface area contributed by atoms with Gasteiger partial charge in [-0.15, -0.1) is 0 Å². The van der Waals surface area contributed by atoms with Gasteiger partial charge in [-0.1, -0.05) is 12.1 Å². The van der Waals surface area contributed by atoms with Gasteiger partial charge in [0, 0.05) is 0 Å². The van der Waals surface area contributed by atoms with E-state index < -0.39 is 5.97 Å². The van der Waals surface area contributed by atoms with Crippen molar-refractivity contribution < 1.29 is 14.7 Å². The SMILES string of the molecule is O=C=Nc1ccc2ccc(C(=O)O)cc2c1. The molecule has 0 aliphatic heterocycles. The molecule has 4 heteroatoms. The van der Waals surface area contributed by atoms with Gasteiger partial charge in [-0.05, 0) is 35.0 Å². The Morgan fingerprint density at radius 2 is 1.88 bits per heavy atom. The van der Waals surface area contributed by atoms with Crippen LogP contribution >= 0.6 is 0 Å². The Balaban J connectivity index is 2.65. The normalized spacial score (nSPS) is 9.75. The van der Waals surface area contributed by atoms with Gasteiger partial charge in [0.15, 0.2) is 0 Å². The molecular weight excluding hydrogens is 206 g/mol. The third kappa shape index (κ3) is 1.82. The van der Waals surface area contributed by atoms with Crippen LogP contribution in [0.5, 0.6) is 0 Å². The minimum absolute atomic E-state index is 0.208. The highest BCUT2D eigenvalue weighted by Gasteiger charge is 2.03. The number of nitrogens with zero attached hydrogens (tertiary/aromatic N) is 1. The minimum atomic E-state index is -0.980. The van der Waals surface area contributed by atoms with E-state index in [1.807, 2.05) is 0 Å². The van der Waals surface area contributed by atoms with E-state index in [1.165, 1.54) is 12.1 Å². The molecule has 0 aliphatic rings. The van der Waals surface area contributed by atoms with Crippen LogP contribution in [-0.2, 0) is 4.79 Å². The molecule has 4 nitrogen and oxygen atoms in total. The van der Waals surface area contributed by atoms with Gasteiger partial charge < -0.3 is 5.11 Å². The summed E-state index contributed by atoms with van der Waals surface area (Å²) in [6.45, 7) is 0. The van der Waals surface area contributed by atoms with Gasteiger partial charge in [0.25, 0.3) is 0 Å². The van der Waals surface area contributed by atoms with Crippen molar-refractivity contribution in [2.24, 2.45) is 4.99 Å². The Bertz CT molecular complexity index is 576. The van der Waals surface area contributed by atoms with Crippen molar-refractivity contribution in [2.45, 2.75) is 0 Å². The lowest BCUT2D eigenvalue weighted by molar-refractivity contribution is 0.0697. The quantitative estimate of drug-likeness (QED) is 0.615. The maximum atomic E-state index is 10.8. The van der Waals surface area contributed by atoms with E-state index in [2.05, 4.69) is 4.99 Å². The van der Waals surface area contributed by atoms with Gasteiger partial charge in [-0.25, -0.2) is 9.59 Å². The number of carbonyl (C=O) groups is 1. The van der Waals surface area contributed by atoms with E-state index in [4.69, 9.17) is 5.11 Å². The van der Waals surface area contributed by atoms with E-state index in [0.29, 0.717) is 5.69 Å². The van der Waals surface area contributed by atoms with Crippen LogP contribution in [0.4, 0.5) is 5.69 Å². The van der Waals surface area contributed by atoms with Gasteiger partial charge in [-0.2, -0.15) is 4.99 Å². The molecule has 2 rings (SSSR count). The highest BCUT2D eigenvalue weighted by Crippen LogP contribution is 2.22. The summed E-state index contributed by atoms with van der Waals surface area (Å²) in [5, 5.41) is 10.5. The molecule has 0 unspecified atom stereocenters. The second-order valence-corrected chi connectivity index (χ2v) is 3.25. The summed E-state index contributed by atoms with van der Waals surface area (Å²) in [6, 6.07) is 9.89. The Morgan fingerprint density at radius 1 is 1.12 bits per heavy atom. The number of carboxylic acid groups (broad SMARTS) is 1. The molecule has 1 N–H and O–H groups in total. The Labute approximate surface area is 90.9 Å². The lowest BCUT2D eigenvalue weighted by atomic mass is 10.1. The van der Waals surface area contributed by atoms with Crippen molar-refractivity contribution in [3.8, 4) is 0 Å². The van der Waals surface area contributed by atoms with Crippen molar-refractivity contribution in [3.63, 3.8) is 0 Å². The number of hydrogen-bond donors (Lipinski definition) is 1. The third-order valence-electron chi connectivity index (χ3n) is 2.25. The Hall–Kier alpha value is -2.45. The van der Waals surface area contributed by atoms with Gasteiger partial charge in [-0.3, -0.25) is 0 Å². The lowest BCUT2D eigenvalue weighted by Gasteiger charge is -2.00. The first kappa shape index (κ1) is 10.1. The summed E-state index contributed by atoms with van der Waals surface area (Å²) in [5.74, 6) is -0.980. The van der Waals surface area contributed by atoms with Crippen molar-refractivity contribution >= 4 is 28.5 Å². The van der Waals surface area contributed by atoms with E-state index in [9.17, 15) is 9.59 Å². The number of carbonyl (C=O) groups excluding carboxylic acids is 1. The zero-order valence-corrected chi connectivity index (χ0v) is 8.18. The summed E-state index contributed by atoms with van der Waals surface area (Å²) in [5.41, 5.74) is 0.671. The van der Waals surface area contributed by atoms with E-state index >= 15 is 0 Å². The van der Waals surface area contributed by atoms with Crippen LogP contribution < -0.4 is 0 Å². The highest BCUT2D eigenvalue weighted by molar-refractivity contribution is 5.95. The number of fused-ring (bicyclic) bond motifs is 1. The van der Waals surface area contributed by atoms with Gasteiger partial charge in [0.1, 0.15) is 0 Å². The number of benzene rings is 2. The molecule has 0 atom stereocenters. The number of rotatable bonds is 2. The summed E-state index contributed by atoms with van der Waals surface area (Å²) in [7, 11) is 0. The number of isocyanates is 1. The molecule has 0 saturated heterocycles. The predicted molar refractivity (Wildman–Crippen MR) is 58.7 cm³/mol. The summed E-state index contributed by atoms with van der Waals surface area (Å²) in [4.78, 5) is 24.3. The second-order valence-electron chi connectivity index (χ2n) is 3.25. The maximum Gasteiger partial charge on any atom is 0.335 e. The first-order chi connectivity index (χ1) is 7.70. The molecule has 78 valence electrons. The molecule has 0 spiro atoms. The maximum absolute atomic E-state index is 10.8. The Morgan fingerprint density at radius 3 is 2.56 bits per heavy atom. The smallest absolute Gasteiger partial charge is 0.335 e. The zero-order valence-electron chi connectivity index (χ0n) is 8.18. The van der Waals surface area contributed by atoms with Crippen molar-refractivity contribution in [2.75, 3.05) is 0 Å². The number of aromatic carboxylic acids is 1. The molecule has 0 fully saturated rings. The Kier molecular flexibility index (Phi) is 2.50. The van der Waals surface area contributed by atoms with E-state index in [-0.39, 0.29) is 5.56 Å². The fourth-order valence-corrected chi connectivity index (χ4v) is 1.49. The topological polar surface area (TPSA) is 66.7 Å². The molecule has 0 amide bonds. The minimum Gasteiger partial charge on any atom is -0.478 e. The molecule has 2 aromatic rings. The van der Waals surface area contributed by atoms with Crippen molar-refractivity contribution in [3.05, 3.63) is 42.0 Å². The zero-order chi connectivity index (χ0) is 11.5. The molecule has 0 bridgehead atoms. The predicted octanol–water partition coefficient (Wildman–Crippen LogP) is 2.51. The van der Waals surface area contributed by atoms with Gasteiger partial charge >= 0.3 is 5.97 Å². The first-order valence-electron chi connectivity index (χ1n) is 4.56. The summed E-state index contributed by atoms with van der Waals surface area (Å²) in [6.07, 6.45) is 1.44. The van der Waals surface area contributed by atoms with Crippen LogP contribution in [0.1, 0.15) is 10.4 Å². The van der Waals surface area contributed by atoms with Crippen LogP contribution in [0.25, 0.3) is 10.8 Å². The van der Waals surface area contributed by atoms with Gasteiger partial charge in [0.05, 0.1) is 11.3 Å². The second kappa shape index (κ2) is 3.96. The van der Waals surface area contributed by atoms with Crippen LogP contribution in [-0.4, -0.2) is 17.2 Å². The van der Waals surface area contributed by atoms with Crippen LogP contribution in [0.2, 0.25) is 0 Å². The van der Waals surface area contributed by atoms with Crippen molar-refractivity contribution in [1.82, 2.24) is 0 Å².